The molecular formula is C11H13N3O2S. The smallest absolute Gasteiger partial charge is 0.316 e. The predicted octanol–water partition coefficient (Wildman–Crippen LogP) is 1.78. The Morgan fingerprint density at radius 3 is 2.65 bits per heavy atom. The summed E-state index contributed by atoms with van der Waals surface area (Å²) in [5, 5.41) is 9.13. The van der Waals surface area contributed by atoms with E-state index in [-0.39, 0.29) is 17.4 Å². The van der Waals surface area contributed by atoms with E-state index in [1.54, 1.807) is 0 Å². The van der Waals surface area contributed by atoms with Crippen molar-refractivity contribution in [3.63, 3.8) is 0 Å². The molecule has 1 rings (SSSR count). The summed E-state index contributed by atoms with van der Waals surface area (Å²) >= 11 is 1.23. The molecule has 1 aromatic rings. The van der Waals surface area contributed by atoms with Gasteiger partial charge in [-0.2, -0.15) is 5.26 Å². The fourth-order valence-corrected chi connectivity index (χ4v) is 1.53. The van der Waals surface area contributed by atoms with E-state index in [0.29, 0.717) is 5.03 Å². The predicted molar refractivity (Wildman–Crippen MR) is 63.3 cm³/mol. The minimum Gasteiger partial charge on any atom is -0.459 e. The number of thioether (sulfide) groups is 1. The number of carbonyl (C=O) groups excluding carboxylic acids is 1. The Kier molecular flexibility index (Phi) is 4.46. The number of nitriles is 1. The Bertz CT molecular complexity index is 432. The molecule has 90 valence electrons. The van der Waals surface area contributed by atoms with Gasteiger partial charge in [-0.05, 0) is 20.8 Å². The van der Waals surface area contributed by atoms with E-state index in [9.17, 15) is 4.79 Å². The first-order valence-corrected chi connectivity index (χ1v) is 5.96. The zero-order valence-corrected chi connectivity index (χ0v) is 10.7. The van der Waals surface area contributed by atoms with Crippen molar-refractivity contribution in [1.82, 2.24) is 9.97 Å². The summed E-state index contributed by atoms with van der Waals surface area (Å²) < 4.78 is 5.14. The number of aromatic nitrogens is 2. The van der Waals surface area contributed by atoms with E-state index in [4.69, 9.17) is 10.00 Å². The Balaban J connectivity index is 2.45. The second-order valence-corrected chi connectivity index (χ2v) is 5.22. The first-order chi connectivity index (χ1) is 7.90. The van der Waals surface area contributed by atoms with Crippen LogP contribution in [-0.2, 0) is 9.53 Å². The number of carbonyl (C=O) groups is 1. The van der Waals surface area contributed by atoms with E-state index in [1.165, 1.54) is 24.2 Å². The molecule has 0 spiro atoms. The number of hydrogen-bond donors (Lipinski definition) is 0. The lowest BCUT2D eigenvalue weighted by atomic mass is 10.2. The highest BCUT2D eigenvalue weighted by Crippen LogP contribution is 2.16. The Morgan fingerprint density at radius 1 is 1.47 bits per heavy atom. The molecule has 17 heavy (non-hydrogen) atoms. The molecule has 0 radical (unpaired) electrons. The minimum absolute atomic E-state index is 0.178. The molecule has 0 unspecified atom stereocenters. The molecule has 0 aliphatic heterocycles. The van der Waals surface area contributed by atoms with Gasteiger partial charge in [0.2, 0.25) is 0 Å². The van der Waals surface area contributed by atoms with Crippen molar-refractivity contribution in [3.05, 3.63) is 18.1 Å². The summed E-state index contributed by atoms with van der Waals surface area (Å²) in [7, 11) is 0. The van der Waals surface area contributed by atoms with Gasteiger partial charge in [-0.1, -0.05) is 11.8 Å². The SMILES string of the molecule is CC(C)(C)OC(=O)CSc1cnc(C#N)cn1. The zero-order valence-electron chi connectivity index (χ0n) is 9.93. The van der Waals surface area contributed by atoms with Crippen LogP contribution in [-0.4, -0.2) is 27.3 Å². The van der Waals surface area contributed by atoms with Gasteiger partial charge >= 0.3 is 5.97 Å². The maximum absolute atomic E-state index is 11.4. The third-order valence-corrected chi connectivity index (χ3v) is 2.39. The minimum atomic E-state index is -0.478. The molecule has 0 amide bonds. The number of rotatable bonds is 3. The third-order valence-electron chi connectivity index (χ3n) is 1.50. The number of ether oxygens (including phenoxy) is 1. The van der Waals surface area contributed by atoms with Gasteiger partial charge in [-0.15, -0.1) is 0 Å². The standard InChI is InChI=1S/C11H13N3O2S/c1-11(2,3)16-10(15)7-17-9-6-13-8(4-12)5-14-9/h5-6H,7H2,1-3H3. The molecule has 0 bridgehead atoms. The largest absolute Gasteiger partial charge is 0.459 e. The molecule has 0 saturated heterocycles. The lowest BCUT2D eigenvalue weighted by Crippen LogP contribution is -2.24. The maximum Gasteiger partial charge on any atom is 0.316 e. The van der Waals surface area contributed by atoms with E-state index in [0.717, 1.165) is 0 Å². The lowest BCUT2D eigenvalue weighted by Gasteiger charge is -2.19. The second-order valence-electron chi connectivity index (χ2n) is 4.23. The molecule has 5 nitrogen and oxygen atoms in total. The molecule has 0 fully saturated rings. The van der Waals surface area contributed by atoms with Gasteiger partial charge in [0.05, 0.1) is 18.1 Å². The quantitative estimate of drug-likeness (QED) is 0.602. The molecule has 0 aliphatic carbocycles. The van der Waals surface area contributed by atoms with Crippen LogP contribution in [0.3, 0.4) is 0 Å². The van der Waals surface area contributed by atoms with Gasteiger partial charge in [0, 0.05) is 0 Å². The van der Waals surface area contributed by atoms with Gasteiger partial charge in [0.1, 0.15) is 16.7 Å². The second kappa shape index (κ2) is 5.64. The molecule has 0 aromatic carbocycles. The van der Waals surface area contributed by atoms with Gasteiger partial charge in [-0.3, -0.25) is 4.79 Å². The summed E-state index contributed by atoms with van der Waals surface area (Å²) in [6.45, 7) is 5.45. The van der Waals surface area contributed by atoms with Crippen LogP contribution in [0.4, 0.5) is 0 Å². The monoisotopic (exact) mass is 251 g/mol. The molecule has 1 aromatic heterocycles. The van der Waals surface area contributed by atoms with Crippen molar-refractivity contribution >= 4 is 17.7 Å². The molecule has 6 heteroatoms. The van der Waals surface area contributed by atoms with Crippen molar-refractivity contribution in [1.29, 1.82) is 5.26 Å². The van der Waals surface area contributed by atoms with Crippen LogP contribution in [0.2, 0.25) is 0 Å². The Labute approximate surface area is 104 Å². The van der Waals surface area contributed by atoms with Gasteiger partial charge in [-0.25, -0.2) is 9.97 Å². The van der Waals surface area contributed by atoms with Crippen LogP contribution < -0.4 is 0 Å². The van der Waals surface area contributed by atoms with Crippen LogP contribution in [0.1, 0.15) is 26.5 Å². The highest BCUT2D eigenvalue weighted by atomic mass is 32.2. The fraction of sp³-hybridized carbons (Fsp3) is 0.455. The first kappa shape index (κ1) is 13.5. The molecule has 0 aliphatic rings. The maximum atomic E-state index is 11.4. The van der Waals surface area contributed by atoms with Crippen molar-refractivity contribution in [2.24, 2.45) is 0 Å². The molecule has 1 heterocycles. The molecular weight excluding hydrogens is 238 g/mol. The van der Waals surface area contributed by atoms with Crippen molar-refractivity contribution in [2.75, 3.05) is 5.75 Å². The summed E-state index contributed by atoms with van der Waals surface area (Å²) in [6.07, 6.45) is 2.84. The fourth-order valence-electron chi connectivity index (χ4n) is 0.952. The highest BCUT2D eigenvalue weighted by molar-refractivity contribution is 7.99. The summed E-state index contributed by atoms with van der Waals surface area (Å²) in [4.78, 5) is 19.3. The van der Waals surface area contributed by atoms with Gasteiger partial charge in [0.15, 0.2) is 5.69 Å². The lowest BCUT2D eigenvalue weighted by molar-refractivity contribution is -0.151. The van der Waals surface area contributed by atoms with Crippen LogP contribution in [0.25, 0.3) is 0 Å². The van der Waals surface area contributed by atoms with Gasteiger partial charge < -0.3 is 4.74 Å². The van der Waals surface area contributed by atoms with E-state index in [2.05, 4.69) is 9.97 Å². The van der Waals surface area contributed by atoms with Crippen molar-refractivity contribution in [3.8, 4) is 6.07 Å². The first-order valence-electron chi connectivity index (χ1n) is 4.97. The summed E-state index contributed by atoms with van der Waals surface area (Å²) in [5.74, 6) is -0.119. The average Bonchev–Trinajstić information content (AvgIpc) is 2.25. The average molecular weight is 251 g/mol. The van der Waals surface area contributed by atoms with E-state index < -0.39 is 5.60 Å². The molecule has 0 saturated carbocycles. The van der Waals surface area contributed by atoms with Crippen molar-refractivity contribution < 1.29 is 9.53 Å². The number of esters is 1. The van der Waals surface area contributed by atoms with Gasteiger partial charge in [0.25, 0.3) is 0 Å². The van der Waals surface area contributed by atoms with Crippen LogP contribution >= 0.6 is 11.8 Å². The van der Waals surface area contributed by atoms with Crippen LogP contribution in [0.15, 0.2) is 17.4 Å². The molecule has 0 atom stereocenters. The van der Waals surface area contributed by atoms with Crippen LogP contribution in [0, 0.1) is 11.3 Å². The molecule has 0 N–H and O–H groups in total. The van der Waals surface area contributed by atoms with E-state index >= 15 is 0 Å². The Morgan fingerprint density at radius 2 is 2.18 bits per heavy atom. The van der Waals surface area contributed by atoms with Crippen molar-refractivity contribution in [2.45, 2.75) is 31.4 Å². The number of hydrogen-bond acceptors (Lipinski definition) is 6. The summed E-state index contributed by atoms with van der Waals surface area (Å²) in [5.41, 5.74) is -0.222. The highest BCUT2D eigenvalue weighted by Gasteiger charge is 2.16. The number of nitrogens with zero attached hydrogens (tertiary/aromatic N) is 3. The van der Waals surface area contributed by atoms with Crippen LogP contribution in [0.5, 0.6) is 0 Å². The summed E-state index contributed by atoms with van der Waals surface area (Å²) in [6, 6.07) is 1.88. The van der Waals surface area contributed by atoms with E-state index in [1.807, 2.05) is 26.8 Å². The Hall–Kier alpha value is -1.61. The topological polar surface area (TPSA) is 75.9 Å². The zero-order chi connectivity index (χ0) is 12.9. The third kappa shape index (κ3) is 5.31. The normalized spacial score (nSPS) is 10.7.